The Bertz CT molecular complexity index is 1530. The molecule has 12 heteroatoms. The van der Waals surface area contributed by atoms with E-state index in [1.807, 2.05) is 44.3 Å². The van der Waals surface area contributed by atoms with Gasteiger partial charge in [0.1, 0.15) is 16.8 Å². The second-order valence-corrected chi connectivity index (χ2v) is 11.6. The molecular weight excluding hydrogens is 515 g/mol. The number of hydrogen-bond acceptors (Lipinski definition) is 9. The molecule has 0 aliphatic heterocycles. The lowest BCUT2D eigenvalue weighted by Crippen LogP contribution is -2.20. The van der Waals surface area contributed by atoms with Gasteiger partial charge >= 0.3 is 0 Å². The molecule has 1 amide bonds. The van der Waals surface area contributed by atoms with Crippen molar-refractivity contribution in [1.29, 1.82) is 5.26 Å². The lowest BCUT2D eigenvalue weighted by Gasteiger charge is -2.09. The summed E-state index contributed by atoms with van der Waals surface area (Å²) in [6, 6.07) is 11.7. The molecule has 3 heterocycles. The summed E-state index contributed by atoms with van der Waals surface area (Å²) in [5.74, 6) is -0.0442. The number of carbonyl (C=O) groups is 1. The molecule has 0 fully saturated rings. The van der Waals surface area contributed by atoms with Gasteiger partial charge in [0, 0.05) is 11.9 Å². The minimum absolute atomic E-state index is 0.146. The van der Waals surface area contributed by atoms with Gasteiger partial charge in [-0.3, -0.25) is 14.3 Å². The van der Waals surface area contributed by atoms with Crippen LogP contribution < -0.4 is 16.2 Å². The van der Waals surface area contributed by atoms with Crippen molar-refractivity contribution in [3.05, 3.63) is 62.4 Å². The maximum atomic E-state index is 13.1. The zero-order valence-electron chi connectivity index (χ0n) is 19.7. The van der Waals surface area contributed by atoms with Crippen LogP contribution in [0.1, 0.15) is 34.5 Å². The molecule has 0 bridgehead atoms. The van der Waals surface area contributed by atoms with E-state index in [9.17, 15) is 14.9 Å². The standard InChI is InChI=1S/C24H23N7O2S3/c1-14-20(22(33)31(30(14)2)15-8-4-3-5-9-15)27-23-28-29-24(36-23)34-13-19(32)26-21-17(12-25)16-10-6-7-11-18(16)35-21/h3-5,8-9H,6-7,10-11,13H2,1-2H3,(H,26,32)(H,27,28). The molecule has 0 unspecified atom stereocenters. The summed E-state index contributed by atoms with van der Waals surface area (Å²) < 4.78 is 3.99. The van der Waals surface area contributed by atoms with E-state index in [4.69, 9.17) is 0 Å². The van der Waals surface area contributed by atoms with Crippen LogP contribution in [-0.2, 0) is 24.7 Å². The van der Waals surface area contributed by atoms with Gasteiger partial charge < -0.3 is 10.6 Å². The first kappa shape index (κ1) is 24.3. The van der Waals surface area contributed by atoms with Crippen LogP contribution in [0.15, 0.2) is 39.5 Å². The Balaban J connectivity index is 1.24. The molecule has 2 N–H and O–H groups in total. The molecule has 36 heavy (non-hydrogen) atoms. The number of thiophene rings is 1. The summed E-state index contributed by atoms with van der Waals surface area (Å²) in [6.45, 7) is 1.86. The fourth-order valence-electron chi connectivity index (χ4n) is 4.20. The molecule has 1 aliphatic rings. The van der Waals surface area contributed by atoms with E-state index < -0.39 is 0 Å². The zero-order chi connectivity index (χ0) is 25.2. The molecule has 0 radical (unpaired) electrons. The van der Waals surface area contributed by atoms with Crippen LogP contribution in [0.25, 0.3) is 5.69 Å². The van der Waals surface area contributed by atoms with E-state index in [1.54, 1.807) is 9.36 Å². The van der Waals surface area contributed by atoms with Crippen LogP contribution in [0.5, 0.6) is 0 Å². The van der Waals surface area contributed by atoms with E-state index >= 15 is 0 Å². The fraction of sp³-hybridized carbons (Fsp3) is 0.292. The number of rotatable bonds is 7. The van der Waals surface area contributed by atoms with Gasteiger partial charge in [0.2, 0.25) is 11.0 Å². The van der Waals surface area contributed by atoms with E-state index in [0.717, 1.165) is 42.6 Å². The smallest absolute Gasteiger partial charge is 0.295 e. The van der Waals surface area contributed by atoms with Gasteiger partial charge in [-0.05, 0) is 50.3 Å². The highest BCUT2D eigenvalue weighted by molar-refractivity contribution is 8.01. The number of aromatic nitrogens is 4. The van der Waals surface area contributed by atoms with E-state index in [0.29, 0.717) is 25.7 Å². The second kappa shape index (κ2) is 10.3. The van der Waals surface area contributed by atoms with Crippen LogP contribution in [0.2, 0.25) is 0 Å². The topological polar surface area (TPSA) is 118 Å². The van der Waals surface area contributed by atoms with Gasteiger partial charge in [-0.15, -0.1) is 21.5 Å². The predicted octanol–water partition coefficient (Wildman–Crippen LogP) is 4.62. The summed E-state index contributed by atoms with van der Waals surface area (Å²) in [6.07, 6.45) is 4.07. The van der Waals surface area contributed by atoms with Crippen LogP contribution in [-0.4, -0.2) is 31.2 Å². The van der Waals surface area contributed by atoms with Crippen molar-refractivity contribution < 1.29 is 4.79 Å². The number of para-hydroxylation sites is 1. The molecule has 3 aromatic heterocycles. The fourth-order valence-corrected chi connectivity index (χ4v) is 7.01. The number of carbonyl (C=O) groups excluding carboxylic acids is 1. The molecule has 0 saturated heterocycles. The Morgan fingerprint density at radius 1 is 1.19 bits per heavy atom. The Hall–Kier alpha value is -3.40. The lowest BCUT2D eigenvalue weighted by molar-refractivity contribution is -0.113. The molecule has 9 nitrogen and oxygen atoms in total. The van der Waals surface area contributed by atoms with Gasteiger partial charge in [0.25, 0.3) is 5.56 Å². The maximum Gasteiger partial charge on any atom is 0.295 e. The van der Waals surface area contributed by atoms with Crippen molar-refractivity contribution in [2.45, 2.75) is 36.9 Å². The Morgan fingerprint density at radius 3 is 2.75 bits per heavy atom. The molecule has 0 saturated carbocycles. The molecule has 4 aromatic rings. The van der Waals surface area contributed by atoms with Crippen molar-refractivity contribution in [2.24, 2.45) is 7.05 Å². The third-order valence-electron chi connectivity index (χ3n) is 6.06. The van der Waals surface area contributed by atoms with Crippen molar-refractivity contribution >= 4 is 56.2 Å². The largest absolute Gasteiger partial charge is 0.324 e. The Morgan fingerprint density at radius 2 is 1.97 bits per heavy atom. The summed E-state index contributed by atoms with van der Waals surface area (Å²) >= 11 is 4.06. The molecule has 0 atom stereocenters. The lowest BCUT2D eigenvalue weighted by atomic mass is 9.96. The van der Waals surface area contributed by atoms with Gasteiger partial charge in [0.05, 0.1) is 22.7 Å². The van der Waals surface area contributed by atoms with Crippen LogP contribution in [0.4, 0.5) is 15.8 Å². The summed E-state index contributed by atoms with van der Waals surface area (Å²) in [5.41, 5.74) is 3.48. The average Bonchev–Trinajstić information content (AvgIpc) is 3.54. The molecule has 0 spiro atoms. The van der Waals surface area contributed by atoms with Crippen molar-refractivity contribution in [3.63, 3.8) is 0 Å². The number of nitrogens with one attached hydrogen (secondary N) is 2. The van der Waals surface area contributed by atoms with Gasteiger partial charge in [-0.1, -0.05) is 41.3 Å². The normalized spacial score (nSPS) is 12.7. The zero-order valence-corrected chi connectivity index (χ0v) is 22.1. The van der Waals surface area contributed by atoms with E-state index in [1.165, 1.54) is 39.3 Å². The first-order valence-electron chi connectivity index (χ1n) is 11.4. The Labute approximate surface area is 219 Å². The molecule has 184 valence electrons. The van der Waals surface area contributed by atoms with E-state index in [2.05, 4.69) is 26.9 Å². The molecule has 5 rings (SSSR count). The van der Waals surface area contributed by atoms with E-state index in [-0.39, 0.29) is 17.2 Å². The molecule has 1 aromatic carbocycles. The quantitative estimate of drug-likeness (QED) is 0.330. The van der Waals surface area contributed by atoms with Crippen LogP contribution in [0.3, 0.4) is 0 Å². The van der Waals surface area contributed by atoms with Gasteiger partial charge in [-0.2, -0.15) is 5.26 Å². The predicted molar refractivity (Wildman–Crippen MR) is 144 cm³/mol. The number of benzene rings is 1. The summed E-state index contributed by atoms with van der Waals surface area (Å²) in [7, 11) is 1.83. The van der Waals surface area contributed by atoms with Crippen LogP contribution >= 0.6 is 34.4 Å². The van der Waals surface area contributed by atoms with Crippen molar-refractivity contribution in [3.8, 4) is 11.8 Å². The monoisotopic (exact) mass is 537 g/mol. The highest BCUT2D eigenvalue weighted by atomic mass is 32.2. The van der Waals surface area contributed by atoms with Crippen molar-refractivity contribution in [2.75, 3.05) is 16.4 Å². The maximum absolute atomic E-state index is 13.1. The number of aryl methyl sites for hydroxylation is 1. The number of fused-ring (bicyclic) bond motifs is 1. The Kier molecular flexibility index (Phi) is 6.95. The molecular formula is C24H23N7O2S3. The average molecular weight is 538 g/mol. The third kappa shape index (κ3) is 4.69. The van der Waals surface area contributed by atoms with Crippen LogP contribution in [0, 0.1) is 18.3 Å². The number of amides is 1. The molecule has 1 aliphatic carbocycles. The number of anilines is 3. The number of hydrogen-bond donors (Lipinski definition) is 2. The van der Waals surface area contributed by atoms with Crippen molar-refractivity contribution in [1.82, 2.24) is 19.6 Å². The minimum Gasteiger partial charge on any atom is -0.324 e. The van der Waals surface area contributed by atoms with Gasteiger partial charge in [-0.25, -0.2) is 4.68 Å². The number of thioether (sulfide) groups is 1. The summed E-state index contributed by atoms with van der Waals surface area (Å²) in [5, 5.41) is 25.0. The first-order chi connectivity index (χ1) is 17.5. The van der Waals surface area contributed by atoms with Gasteiger partial charge in [0.15, 0.2) is 4.34 Å². The second-order valence-electron chi connectivity index (χ2n) is 8.30. The SMILES string of the molecule is Cc1c(Nc2nnc(SCC(=O)Nc3sc4c(c3C#N)CCCC4)s2)c(=O)n(-c2ccccc2)n1C. The minimum atomic E-state index is -0.190. The highest BCUT2D eigenvalue weighted by Gasteiger charge is 2.22. The third-order valence-corrected chi connectivity index (χ3v) is 9.23. The number of nitriles is 1. The number of nitrogens with zero attached hydrogens (tertiary/aromatic N) is 5. The first-order valence-corrected chi connectivity index (χ1v) is 14.0. The summed E-state index contributed by atoms with van der Waals surface area (Å²) in [4.78, 5) is 26.9. The highest BCUT2D eigenvalue weighted by Crippen LogP contribution is 2.38.